The number of nitrogens with one attached hydrogen (secondary N) is 1. The second-order valence-corrected chi connectivity index (χ2v) is 4.52. The first-order valence-corrected chi connectivity index (χ1v) is 6.13. The lowest BCUT2D eigenvalue weighted by Gasteiger charge is -2.26. The quantitative estimate of drug-likeness (QED) is 0.880. The van der Waals surface area contributed by atoms with Gasteiger partial charge in [0, 0.05) is 13.1 Å². The van der Waals surface area contributed by atoms with E-state index >= 15 is 0 Å². The van der Waals surface area contributed by atoms with Gasteiger partial charge in [0.05, 0.1) is 12.7 Å². The molecule has 1 heterocycles. The van der Waals surface area contributed by atoms with Gasteiger partial charge < -0.3 is 15.2 Å². The molecule has 0 amide bonds. The van der Waals surface area contributed by atoms with Gasteiger partial charge in [-0.3, -0.25) is 0 Å². The molecule has 2 N–H and O–H groups in total. The van der Waals surface area contributed by atoms with Crippen LogP contribution < -0.4 is 5.32 Å². The van der Waals surface area contributed by atoms with Crippen molar-refractivity contribution in [3.8, 4) is 0 Å². The first kappa shape index (κ1) is 14.3. The Kier molecular flexibility index (Phi) is 4.44. The highest BCUT2D eigenvalue weighted by atomic mass is 19.4. The van der Waals surface area contributed by atoms with E-state index in [-0.39, 0.29) is 12.6 Å². The van der Waals surface area contributed by atoms with Crippen LogP contribution in [0.1, 0.15) is 17.2 Å². The molecule has 0 bridgehead atoms. The molecule has 0 aromatic heterocycles. The number of benzene rings is 1. The Morgan fingerprint density at radius 2 is 2.11 bits per heavy atom. The number of hydrogen-bond donors (Lipinski definition) is 2. The fraction of sp³-hybridized carbons (Fsp3) is 0.538. The van der Waals surface area contributed by atoms with E-state index in [9.17, 15) is 13.2 Å². The molecule has 2 unspecified atom stereocenters. The van der Waals surface area contributed by atoms with Crippen LogP contribution in [0.5, 0.6) is 0 Å². The van der Waals surface area contributed by atoms with Gasteiger partial charge in [-0.1, -0.05) is 24.3 Å². The Bertz CT molecular complexity index is 423. The molecule has 1 aliphatic rings. The van der Waals surface area contributed by atoms with Gasteiger partial charge in [0.25, 0.3) is 0 Å². The number of halogens is 3. The smallest absolute Gasteiger partial charge is 0.382 e. The maximum Gasteiger partial charge on any atom is 0.415 e. The summed E-state index contributed by atoms with van der Waals surface area (Å²) >= 11 is 0. The summed E-state index contributed by atoms with van der Waals surface area (Å²) in [6.45, 7) is 0.293. The van der Waals surface area contributed by atoms with Crippen molar-refractivity contribution in [3.63, 3.8) is 0 Å². The highest BCUT2D eigenvalue weighted by molar-refractivity contribution is 5.31. The standard InChI is InChI=1S/C13H16F3NO2/c14-13(15,16)12(18)8-17-7-11-10-4-2-1-3-9(10)5-6-19-11/h1-4,11-12,17-18H,5-8H2. The Hall–Kier alpha value is -1.11. The lowest BCUT2D eigenvalue weighted by molar-refractivity contribution is -0.202. The third kappa shape index (κ3) is 3.68. The van der Waals surface area contributed by atoms with Crippen LogP contribution in [0.2, 0.25) is 0 Å². The second-order valence-electron chi connectivity index (χ2n) is 4.52. The first-order chi connectivity index (χ1) is 8.98. The molecule has 0 radical (unpaired) electrons. The van der Waals surface area contributed by atoms with Crippen molar-refractivity contribution in [1.29, 1.82) is 0 Å². The molecule has 106 valence electrons. The third-order valence-corrected chi connectivity index (χ3v) is 3.14. The van der Waals surface area contributed by atoms with E-state index in [1.54, 1.807) is 0 Å². The average molecular weight is 275 g/mol. The topological polar surface area (TPSA) is 41.5 Å². The fourth-order valence-electron chi connectivity index (χ4n) is 2.11. The van der Waals surface area contributed by atoms with Crippen LogP contribution in [0.25, 0.3) is 0 Å². The zero-order valence-corrected chi connectivity index (χ0v) is 10.3. The van der Waals surface area contributed by atoms with E-state index in [0.29, 0.717) is 6.61 Å². The molecule has 0 saturated carbocycles. The van der Waals surface area contributed by atoms with E-state index in [0.717, 1.165) is 17.5 Å². The van der Waals surface area contributed by atoms with E-state index < -0.39 is 18.8 Å². The summed E-state index contributed by atoms with van der Waals surface area (Å²) in [6.07, 6.45) is -6.37. The monoisotopic (exact) mass is 275 g/mol. The van der Waals surface area contributed by atoms with Crippen LogP contribution in [0.15, 0.2) is 24.3 Å². The minimum atomic E-state index is -4.58. The van der Waals surface area contributed by atoms with Gasteiger partial charge in [-0.05, 0) is 17.5 Å². The number of aliphatic hydroxyl groups excluding tert-OH is 1. The van der Waals surface area contributed by atoms with Crippen molar-refractivity contribution in [2.24, 2.45) is 0 Å². The number of fused-ring (bicyclic) bond motifs is 1. The molecule has 2 atom stereocenters. The molecule has 6 heteroatoms. The van der Waals surface area contributed by atoms with Crippen molar-refractivity contribution in [2.75, 3.05) is 19.7 Å². The zero-order chi connectivity index (χ0) is 13.9. The highest BCUT2D eigenvalue weighted by Gasteiger charge is 2.37. The molecule has 19 heavy (non-hydrogen) atoms. The molecular formula is C13H16F3NO2. The van der Waals surface area contributed by atoms with Gasteiger partial charge in [-0.2, -0.15) is 13.2 Å². The number of hydrogen-bond acceptors (Lipinski definition) is 3. The van der Waals surface area contributed by atoms with Crippen LogP contribution in [0.4, 0.5) is 13.2 Å². The summed E-state index contributed by atoms with van der Waals surface area (Å²) in [5.41, 5.74) is 2.17. The molecule has 0 saturated heterocycles. The fourth-order valence-corrected chi connectivity index (χ4v) is 2.11. The first-order valence-electron chi connectivity index (χ1n) is 6.13. The summed E-state index contributed by atoms with van der Waals surface area (Å²) < 4.78 is 41.9. The lowest BCUT2D eigenvalue weighted by atomic mass is 9.97. The van der Waals surface area contributed by atoms with E-state index in [4.69, 9.17) is 9.84 Å². The molecule has 2 rings (SSSR count). The van der Waals surface area contributed by atoms with Gasteiger partial charge in [0.15, 0.2) is 6.10 Å². The minimum Gasteiger partial charge on any atom is -0.382 e. The largest absolute Gasteiger partial charge is 0.415 e. The van der Waals surface area contributed by atoms with Crippen LogP contribution in [-0.2, 0) is 11.2 Å². The Morgan fingerprint density at radius 1 is 1.37 bits per heavy atom. The van der Waals surface area contributed by atoms with Crippen LogP contribution in [0.3, 0.4) is 0 Å². The summed E-state index contributed by atoms with van der Waals surface area (Å²) in [5, 5.41) is 11.5. The SMILES string of the molecule is OC(CNCC1OCCc2ccccc21)C(F)(F)F. The van der Waals surface area contributed by atoms with Gasteiger partial charge in [-0.25, -0.2) is 0 Å². The zero-order valence-electron chi connectivity index (χ0n) is 10.3. The summed E-state index contributed by atoms with van der Waals surface area (Å²) in [7, 11) is 0. The van der Waals surface area contributed by atoms with Crippen LogP contribution in [0, 0.1) is 0 Å². The van der Waals surface area contributed by atoms with Crippen LogP contribution >= 0.6 is 0 Å². The minimum absolute atomic E-state index is 0.254. The molecule has 0 spiro atoms. The Labute approximate surface area is 109 Å². The Balaban J connectivity index is 1.88. The van der Waals surface area contributed by atoms with Gasteiger partial charge in [0.2, 0.25) is 0 Å². The predicted molar refractivity (Wildman–Crippen MR) is 63.8 cm³/mol. The summed E-state index contributed by atoms with van der Waals surface area (Å²) in [4.78, 5) is 0. The molecular weight excluding hydrogens is 259 g/mol. The number of aliphatic hydroxyl groups is 1. The molecule has 1 aliphatic heterocycles. The van der Waals surface area contributed by atoms with E-state index in [2.05, 4.69) is 5.32 Å². The lowest BCUT2D eigenvalue weighted by Crippen LogP contribution is -2.40. The molecule has 3 nitrogen and oxygen atoms in total. The number of ether oxygens (including phenoxy) is 1. The maximum absolute atomic E-state index is 12.1. The summed E-state index contributed by atoms with van der Waals surface area (Å²) in [6, 6.07) is 7.73. The molecule has 0 aliphatic carbocycles. The molecule has 1 aromatic rings. The van der Waals surface area contributed by atoms with Crippen LogP contribution in [-0.4, -0.2) is 37.1 Å². The van der Waals surface area contributed by atoms with E-state index in [1.807, 2.05) is 24.3 Å². The van der Waals surface area contributed by atoms with Gasteiger partial charge >= 0.3 is 6.18 Å². The molecule has 0 fully saturated rings. The average Bonchev–Trinajstić information content (AvgIpc) is 2.38. The maximum atomic E-state index is 12.1. The number of alkyl halides is 3. The summed E-state index contributed by atoms with van der Waals surface area (Å²) in [5.74, 6) is 0. The van der Waals surface area contributed by atoms with Crippen molar-refractivity contribution in [2.45, 2.75) is 24.8 Å². The van der Waals surface area contributed by atoms with Gasteiger partial charge in [-0.15, -0.1) is 0 Å². The Morgan fingerprint density at radius 3 is 2.84 bits per heavy atom. The normalized spacial score (nSPS) is 20.9. The second kappa shape index (κ2) is 5.90. The highest BCUT2D eigenvalue weighted by Crippen LogP contribution is 2.26. The van der Waals surface area contributed by atoms with E-state index in [1.165, 1.54) is 0 Å². The van der Waals surface area contributed by atoms with Crippen molar-refractivity contribution in [3.05, 3.63) is 35.4 Å². The third-order valence-electron chi connectivity index (χ3n) is 3.14. The molecule has 1 aromatic carbocycles. The van der Waals surface area contributed by atoms with Gasteiger partial charge in [0.1, 0.15) is 0 Å². The predicted octanol–water partition coefficient (Wildman–Crippen LogP) is 1.81. The van der Waals surface area contributed by atoms with Crippen molar-refractivity contribution >= 4 is 0 Å². The number of rotatable bonds is 4. The van der Waals surface area contributed by atoms with Crippen molar-refractivity contribution < 1.29 is 23.0 Å². The van der Waals surface area contributed by atoms with Crippen molar-refractivity contribution in [1.82, 2.24) is 5.32 Å².